The predicted octanol–water partition coefficient (Wildman–Crippen LogP) is 8.49. The molecule has 0 aliphatic heterocycles. The van der Waals surface area contributed by atoms with Crippen molar-refractivity contribution in [3.05, 3.63) is 68.0 Å². The molecule has 1 atom stereocenters. The first kappa shape index (κ1) is 38.5. The summed E-state index contributed by atoms with van der Waals surface area (Å²) in [4.78, 5) is 29.4. The highest BCUT2D eigenvalue weighted by atomic mass is 79.9. The zero-order valence-corrected chi connectivity index (χ0v) is 30.7. The molecule has 2 N–H and O–H groups in total. The molecular weight excluding hydrogens is 794 g/mol. The molecule has 0 aliphatic rings. The number of nitrogens with zero attached hydrogens (tertiary/aromatic N) is 3. The van der Waals surface area contributed by atoms with Gasteiger partial charge < -0.3 is 19.7 Å². The average molecular weight is 819 g/mol. The van der Waals surface area contributed by atoms with Gasteiger partial charge in [0, 0.05) is 24.3 Å². The van der Waals surface area contributed by atoms with Crippen molar-refractivity contribution in [2.45, 2.75) is 30.1 Å². The molecule has 3 rings (SSSR count). The highest BCUT2D eigenvalue weighted by Gasteiger charge is 2.37. The van der Waals surface area contributed by atoms with Gasteiger partial charge in [-0.2, -0.15) is 5.10 Å². The second kappa shape index (κ2) is 17.3. The van der Waals surface area contributed by atoms with Crippen LogP contribution in [0.1, 0.15) is 40.3 Å². The summed E-state index contributed by atoms with van der Waals surface area (Å²) in [5, 5.41) is 10.3. The molecule has 0 aliphatic carbocycles. The Morgan fingerprint density at radius 2 is 1.77 bits per heavy atom. The molecular formula is C24H25BrCl6N5O5PS. The molecule has 0 fully saturated rings. The number of rotatable bonds is 10. The Bertz CT molecular complexity index is 1490. The van der Waals surface area contributed by atoms with E-state index in [1.165, 1.54) is 23.9 Å². The molecule has 0 saturated heterocycles. The largest absolute Gasteiger partial charge is 0.355 e. The van der Waals surface area contributed by atoms with Crippen molar-refractivity contribution in [1.29, 1.82) is 0 Å². The van der Waals surface area contributed by atoms with Crippen LogP contribution in [0.25, 0.3) is 5.82 Å². The molecule has 1 unspecified atom stereocenters. The predicted molar refractivity (Wildman–Crippen MR) is 180 cm³/mol. The van der Waals surface area contributed by atoms with Crippen LogP contribution < -0.4 is 10.6 Å². The Morgan fingerprint density at radius 3 is 2.30 bits per heavy atom. The zero-order chi connectivity index (χ0) is 32.5. The number of carbonyl (C=O) groups excluding carboxylic acids is 2. The Hall–Kier alpha value is -0.730. The number of hydrogen-bond acceptors (Lipinski definition) is 8. The first-order chi connectivity index (χ1) is 20.1. The third-order valence-corrected chi connectivity index (χ3v) is 9.80. The van der Waals surface area contributed by atoms with E-state index in [0.717, 1.165) is 0 Å². The second-order valence-corrected chi connectivity index (χ2v) is 15.4. The summed E-state index contributed by atoms with van der Waals surface area (Å²) in [6.07, 6.45) is 1.55. The molecule has 0 spiro atoms. The molecule has 236 valence electrons. The van der Waals surface area contributed by atoms with Gasteiger partial charge in [-0.05, 0) is 78.3 Å². The van der Waals surface area contributed by atoms with Gasteiger partial charge in [0.2, 0.25) is 3.79 Å². The lowest BCUT2D eigenvalue weighted by Gasteiger charge is -2.26. The zero-order valence-electron chi connectivity index (χ0n) is 22.8. The number of hydrogen-bond donors (Lipinski definition) is 2. The number of pyridine rings is 1. The van der Waals surface area contributed by atoms with Crippen molar-refractivity contribution in [3.8, 4) is 5.82 Å². The molecule has 19 heteroatoms. The molecule has 2 heterocycles. The SMILES string of the molecule is CCOP(=S)(OCC)OC(Cl)C(Cl)(Cl)Cl.CNC(=O)c1cc(Cl)cc(C)c1NC(=O)c1cc(Br)nn1-c1ncccc1Cl. The number of alkyl halides is 4. The summed E-state index contributed by atoms with van der Waals surface area (Å²) in [5.74, 6) is -0.557. The smallest absolute Gasteiger partial charge is 0.328 e. The molecule has 2 aromatic heterocycles. The monoisotopic (exact) mass is 815 g/mol. The van der Waals surface area contributed by atoms with Gasteiger partial charge in [0.05, 0.1) is 29.5 Å². The lowest BCUT2D eigenvalue weighted by molar-refractivity contribution is 0.0963. The highest BCUT2D eigenvalue weighted by Crippen LogP contribution is 2.54. The van der Waals surface area contributed by atoms with Crippen molar-refractivity contribution in [1.82, 2.24) is 20.1 Å². The van der Waals surface area contributed by atoms with E-state index in [-0.39, 0.29) is 17.2 Å². The van der Waals surface area contributed by atoms with E-state index in [1.807, 2.05) is 0 Å². The van der Waals surface area contributed by atoms with Crippen LogP contribution in [0.3, 0.4) is 0 Å². The highest BCUT2D eigenvalue weighted by molar-refractivity contribution is 9.10. The normalized spacial score (nSPS) is 12.3. The topological polar surface area (TPSA) is 117 Å². The number of aromatic nitrogens is 3. The van der Waals surface area contributed by atoms with Crippen LogP contribution in [-0.2, 0) is 25.4 Å². The van der Waals surface area contributed by atoms with Crippen LogP contribution in [-0.4, -0.2) is 56.2 Å². The average Bonchev–Trinajstić information content (AvgIpc) is 3.31. The minimum absolute atomic E-state index is 0.185. The van der Waals surface area contributed by atoms with Crippen LogP contribution in [0.4, 0.5) is 5.69 Å². The summed E-state index contributed by atoms with van der Waals surface area (Å²) < 4.78 is 15.4. The van der Waals surface area contributed by atoms with Gasteiger partial charge in [-0.25, -0.2) is 9.67 Å². The van der Waals surface area contributed by atoms with E-state index in [0.29, 0.717) is 44.9 Å². The van der Waals surface area contributed by atoms with Crippen LogP contribution in [0.2, 0.25) is 10.0 Å². The second-order valence-electron chi connectivity index (χ2n) is 8.00. The van der Waals surface area contributed by atoms with E-state index in [4.69, 9.17) is 95.0 Å². The van der Waals surface area contributed by atoms with Crippen LogP contribution in [0.5, 0.6) is 0 Å². The Kier molecular flexibility index (Phi) is 15.4. The maximum absolute atomic E-state index is 13.0. The van der Waals surface area contributed by atoms with Gasteiger partial charge in [-0.3, -0.25) is 14.1 Å². The molecule has 2 amide bonds. The fraction of sp³-hybridized carbons (Fsp3) is 0.333. The van der Waals surface area contributed by atoms with E-state index in [1.54, 1.807) is 45.2 Å². The summed E-state index contributed by atoms with van der Waals surface area (Å²) in [7, 11) is 1.50. The fourth-order valence-corrected chi connectivity index (χ4v) is 6.93. The van der Waals surface area contributed by atoms with Crippen LogP contribution in [0.15, 0.2) is 41.1 Å². The van der Waals surface area contributed by atoms with Gasteiger partial charge in [0.25, 0.3) is 11.8 Å². The number of anilines is 1. The van der Waals surface area contributed by atoms with Gasteiger partial charge >= 0.3 is 6.72 Å². The summed E-state index contributed by atoms with van der Waals surface area (Å²) >= 11 is 42.8. The molecule has 0 radical (unpaired) electrons. The quantitative estimate of drug-likeness (QED) is 0.155. The minimum Gasteiger partial charge on any atom is -0.355 e. The number of halogens is 7. The maximum Gasteiger partial charge on any atom is 0.328 e. The Labute approximate surface area is 292 Å². The first-order valence-corrected chi connectivity index (χ1v) is 17.7. The summed E-state index contributed by atoms with van der Waals surface area (Å²) in [5.41, 5.74) is 0.211. The molecule has 0 saturated carbocycles. The minimum atomic E-state index is -2.92. The van der Waals surface area contributed by atoms with Crippen LogP contribution in [0, 0.1) is 6.92 Å². The Balaban J connectivity index is 0.000000367. The number of carbonyl (C=O) groups is 2. The molecule has 1 aromatic carbocycles. The van der Waals surface area contributed by atoms with Gasteiger partial charge in [0.1, 0.15) is 10.3 Å². The standard InChI is InChI=1S/C18H14BrCl2N5O2.C6H11Cl4O3PS/c1-9-6-10(20)7-11(17(27)22-2)15(9)24-18(28)13-8-14(19)25-26(13)16-12(21)4-3-5-23-16;1-3-11-14(15,12-4-2)13-5(7)6(8,9)10/h3-8H,1-2H3,(H,22,27)(H,24,28);5H,3-4H2,1-2H3. The first-order valence-electron chi connectivity index (χ1n) is 12.0. The molecule has 43 heavy (non-hydrogen) atoms. The maximum atomic E-state index is 13.0. The van der Waals surface area contributed by atoms with Crippen LogP contribution >= 0.6 is 92.3 Å². The van der Waals surface area contributed by atoms with E-state index in [2.05, 4.69) is 36.6 Å². The van der Waals surface area contributed by atoms with Crippen molar-refractivity contribution in [3.63, 3.8) is 0 Å². The van der Waals surface area contributed by atoms with Gasteiger partial charge in [-0.15, -0.1) is 0 Å². The van der Waals surface area contributed by atoms with Crippen molar-refractivity contribution < 1.29 is 23.2 Å². The molecule has 10 nitrogen and oxygen atoms in total. The van der Waals surface area contributed by atoms with E-state index in [9.17, 15) is 9.59 Å². The van der Waals surface area contributed by atoms with Crippen molar-refractivity contribution >= 4 is 122 Å². The Morgan fingerprint density at radius 1 is 1.14 bits per heavy atom. The van der Waals surface area contributed by atoms with E-state index >= 15 is 0 Å². The van der Waals surface area contributed by atoms with Crippen molar-refractivity contribution in [2.75, 3.05) is 25.6 Å². The number of benzene rings is 1. The van der Waals surface area contributed by atoms with Gasteiger partial charge in [-0.1, -0.05) is 69.6 Å². The third-order valence-electron chi connectivity index (χ3n) is 4.92. The molecule has 3 aromatic rings. The third kappa shape index (κ3) is 11.2. The lowest BCUT2D eigenvalue weighted by Crippen LogP contribution is -2.23. The van der Waals surface area contributed by atoms with E-state index < -0.39 is 22.0 Å². The molecule has 0 bridgehead atoms. The fourth-order valence-electron chi connectivity index (χ4n) is 3.20. The summed E-state index contributed by atoms with van der Waals surface area (Å²) in [6.45, 7) is 3.00. The number of amides is 2. The number of nitrogens with one attached hydrogen (secondary N) is 2. The van der Waals surface area contributed by atoms with Gasteiger partial charge in [0.15, 0.2) is 11.4 Å². The van der Waals surface area contributed by atoms with Crippen molar-refractivity contribution in [2.24, 2.45) is 0 Å². The lowest BCUT2D eigenvalue weighted by atomic mass is 10.1. The number of aryl methyl sites for hydroxylation is 1. The summed E-state index contributed by atoms with van der Waals surface area (Å²) in [6, 6.07) is 8.01.